The van der Waals surface area contributed by atoms with Crippen LogP contribution in [0, 0.1) is 5.92 Å². The molecule has 3 heterocycles. The van der Waals surface area contributed by atoms with Crippen LogP contribution in [0.2, 0.25) is 0 Å². The van der Waals surface area contributed by atoms with Crippen LogP contribution in [0.4, 0.5) is 5.82 Å². The summed E-state index contributed by atoms with van der Waals surface area (Å²) in [6.07, 6.45) is 2.88. The van der Waals surface area contributed by atoms with Crippen molar-refractivity contribution in [1.82, 2.24) is 10.3 Å². The lowest BCUT2D eigenvalue weighted by Gasteiger charge is -2.25. The van der Waals surface area contributed by atoms with Crippen molar-refractivity contribution in [3.63, 3.8) is 0 Å². The van der Waals surface area contributed by atoms with Gasteiger partial charge in [0.1, 0.15) is 5.82 Å². The molecule has 0 unspecified atom stereocenters. The van der Waals surface area contributed by atoms with E-state index in [0.717, 1.165) is 31.9 Å². The zero-order valence-electron chi connectivity index (χ0n) is 9.60. The smallest absolute Gasteiger partial charge is 0.252 e. The third kappa shape index (κ3) is 1.67. The van der Waals surface area contributed by atoms with E-state index >= 15 is 0 Å². The van der Waals surface area contributed by atoms with Gasteiger partial charge >= 0.3 is 0 Å². The maximum Gasteiger partial charge on any atom is 0.252 e. The summed E-state index contributed by atoms with van der Waals surface area (Å²) in [7, 11) is 0. The van der Waals surface area contributed by atoms with Gasteiger partial charge in [-0.15, -0.1) is 0 Å². The number of carbonyl (C=O) groups is 1. The number of primary amides is 1. The van der Waals surface area contributed by atoms with Crippen LogP contribution in [0.15, 0.2) is 18.3 Å². The highest BCUT2D eigenvalue weighted by Gasteiger charge is 2.39. The number of rotatable bonds is 2. The van der Waals surface area contributed by atoms with Gasteiger partial charge in [0.25, 0.3) is 5.91 Å². The maximum atomic E-state index is 11.4. The average Bonchev–Trinajstić information content (AvgIpc) is 2.90. The van der Waals surface area contributed by atoms with Gasteiger partial charge in [0, 0.05) is 31.9 Å². The Hall–Kier alpha value is -1.62. The van der Waals surface area contributed by atoms with Gasteiger partial charge in [0.15, 0.2) is 0 Å². The number of carbonyl (C=O) groups excluding carboxylic acids is 1. The van der Waals surface area contributed by atoms with Crippen LogP contribution in [0.25, 0.3) is 0 Å². The standard InChI is InChI=1S/C12H16N4O/c13-11(17)9-2-1-4-15-12(9)16-5-3-8-6-14-7-10(8)16/h1-2,4,8,10,14H,3,5-7H2,(H2,13,17)/t8-,10+/m0/s1. The molecular formula is C12H16N4O. The minimum absolute atomic E-state index is 0.400. The van der Waals surface area contributed by atoms with E-state index in [1.807, 2.05) is 0 Å². The molecule has 0 saturated carbocycles. The lowest BCUT2D eigenvalue weighted by atomic mass is 10.1. The molecule has 0 spiro atoms. The molecule has 1 aromatic heterocycles. The van der Waals surface area contributed by atoms with Gasteiger partial charge in [-0.3, -0.25) is 4.79 Å². The Morgan fingerprint density at radius 3 is 3.24 bits per heavy atom. The fourth-order valence-corrected chi connectivity index (χ4v) is 2.93. The number of amides is 1. The van der Waals surface area contributed by atoms with Gasteiger partial charge in [0.2, 0.25) is 0 Å². The molecule has 1 amide bonds. The molecule has 5 nitrogen and oxygen atoms in total. The minimum atomic E-state index is -0.400. The molecule has 2 fully saturated rings. The van der Waals surface area contributed by atoms with E-state index in [2.05, 4.69) is 15.2 Å². The molecule has 2 saturated heterocycles. The summed E-state index contributed by atoms with van der Waals surface area (Å²) in [4.78, 5) is 18.0. The summed E-state index contributed by atoms with van der Waals surface area (Å²) in [6.45, 7) is 3.01. The highest BCUT2D eigenvalue weighted by molar-refractivity contribution is 5.97. The number of hydrogen-bond donors (Lipinski definition) is 2. The summed E-state index contributed by atoms with van der Waals surface area (Å²) >= 11 is 0. The second-order valence-electron chi connectivity index (χ2n) is 4.71. The van der Waals surface area contributed by atoms with Crippen LogP contribution >= 0.6 is 0 Å². The first-order valence-electron chi connectivity index (χ1n) is 5.99. The van der Waals surface area contributed by atoms with Crippen molar-refractivity contribution in [2.45, 2.75) is 12.5 Å². The molecule has 3 N–H and O–H groups in total. The highest BCUT2D eigenvalue weighted by atomic mass is 16.1. The molecule has 0 aliphatic carbocycles. The number of nitrogens with two attached hydrogens (primary N) is 1. The molecule has 0 aromatic carbocycles. The first-order valence-corrected chi connectivity index (χ1v) is 5.99. The molecule has 17 heavy (non-hydrogen) atoms. The van der Waals surface area contributed by atoms with Crippen molar-refractivity contribution in [2.24, 2.45) is 11.7 Å². The zero-order valence-corrected chi connectivity index (χ0v) is 9.60. The Kier molecular flexibility index (Phi) is 2.48. The van der Waals surface area contributed by atoms with Crippen molar-refractivity contribution in [3.8, 4) is 0 Å². The molecule has 1 aromatic rings. The van der Waals surface area contributed by atoms with E-state index in [1.165, 1.54) is 0 Å². The lowest BCUT2D eigenvalue weighted by Crippen LogP contribution is -2.36. The monoisotopic (exact) mass is 232 g/mol. The largest absolute Gasteiger partial charge is 0.365 e. The predicted octanol–water partition coefficient (Wildman–Crippen LogP) is -0.0214. The van der Waals surface area contributed by atoms with Crippen molar-refractivity contribution in [3.05, 3.63) is 23.9 Å². The van der Waals surface area contributed by atoms with E-state index < -0.39 is 5.91 Å². The van der Waals surface area contributed by atoms with Crippen LogP contribution in [-0.2, 0) is 0 Å². The van der Waals surface area contributed by atoms with Gasteiger partial charge in [-0.05, 0) is 24.5 Å². The van der Waals surface area contributed by atoms with Gasteiger partial charge in [-0.1, -0.05) is 0 Å². The highest BCUT2D eigenvalue weighted by Crippen LogP contribution is 2.32. The second-order valence-corrected chi connectivity index (χ2v) is 4.71. The summed E-state index contributed by atoms with van der Waals surface area (Å²) in [5.41, 5.74) is 5.93. The summed E-state index contributed by atoms with van der Waals surface area (Å²) < 4.78 is 0. The van der Waals surface area contributed by atoms with Gasteiger partial charge in [-0.2, -0.15) is 0 Å². The van der Waals surface area contributed by atoms with E-state index in [4.69, 9.17) is 5.73 Å². The predicted molar refractivity (Wildman–Crippen MR) is 64.9 cm³/mol. The van der Waals surface area contributed by atoms with Gasteiger partial charge < -0.3 is 16.0 Å². The normalized spacial score (nSPS) is 27.2. The zero-order chi connectivity index (χ0) is 11.8. The Bertz CT molecular complexity index is 448. The number of hydrogen-bond acceptors (Lipinski definition) is 4. The molecule has 90 valence electrons. The summed E-state index contributed by atoms with van der Waals surface area (Å²) in [5, 5.41) is 3.39. The molecule has 3 rings (SSSR count). The first-order chi connectivity index (χ1) is 8.27. The quantitative estimate of drug-likeness (QED) is 0.751. The van der Waals surface area contributed by atoms with E-state index in [1.54, 1.807) is 18.3 Å². The number of nitrogens with zero attached hydrogens (tertiary/aromatic N) is 2. The summed E-state index contributed by atoms with van der Waals surface area (Å²) in [5.74, 6) is 1.02. The SMILES string of the molecule is NC(=O)c1cccnc1N1CC[C@H]2CNC[C@H]21. The average molecular weight is 232 g/mol. The molecule has 5 heteroatoms. The first kappa shape index (κ1) is 10.5. The minimum Gasteiger partial charge on any atom is -0.365 e. The molecule has 2 aliphatic rings. The summed E-state index contributed by atoms with van der Waals surface area (Å²) in [6, 6.07) is 3.97. The lowest BCUT2D eigenvalue weighted by molar-refractivity contribution is 0.100. The number of pyridine rings is 1. The Morgan fingerprint density at radius 1 is 1.53 bits per heavy atom. The van der Waals surface area contributed by atoms with Crippen molar-refractivity contribution >= 4 is 11.7 Å². The van der Waals surface area contributed by atoms with Crippen LogP contribution in [-0.4, -0.2) is 36.6 Å². The number of nitrogens with one attached hydrogen (secondary N) is 1. The van der Waals surface area contributed by atoms with Crippen LogP contribution in [0.5, 0.6) is 0 Å². The van der Waals surface area contributed by atoms with E-state index in [9.17, 15) is 4.79 Å². The molecular weight excluding hydrogens is 216 g/mol. The molecule has 0 radical (unpaired) electrons. The van der Waals surface area contributed by atoms with E-state index in [-0.39, 0.29) is 0 Å². The topological polar surface area (TPSA) is 71.2 Å². The fraction of sp³-hybridized carbons (Fsp3) is 0.500. The van der Waals surface area contributed by atoms with Crippen LogP contribution in [0.3, 0.4) is 0 Å². The third-order valence-electron chi connectivity index (χ3n) is 3.77. The van der Waals surface area contributed by atoms with Crippen molar-refractivity contribution in [2.75, 3.05) is 24.5 Å². The van der Waals surface area contributed by atoms with Crippen molar-refractivity contribution in [1.29, 1.82) is 0 Å². The third-order valence-corrected chi connectivity index (χ3v) is 3.77. The number of fused-ring (bicyclic) bond motifs is 1. The van der Waals surface area contributed by atoms with Crippen LogP contribution < -0.4 is 16.0 Å². The van der Waals surface area contributed by atoms with Crippen LogP contribution in [0.1, 0.15) is 16.8 Å². The molecule has 2 aliphatic heterocycles. The number of aromatic nitrogens is 1. The Labute approximate surface area is 100 Å². The van der Waals surface area contributed by atoms with Gasteiger partial charge in [-0.25, -0.2) is 4.98 Å². The molecule has 2 atom stereocenters. The fourth-order valence-electron chi connectivity index (χ4n) is 2.93. The Balaban J connectivity index is 1.96. The van der Waals surface area contributed by atoms with E-state index in [0.29, 0.717) is 17.5 Å². The van der Waals surface area contributed by atoms with Crippen molar-refractivity contribution < 1.29 is 4.79 Å². The van der Waals surface area contributed by atoms with Gasteiger partial charge in [0.05, 0.1) is 5.56 Å². The number of anilines is 1. The molecule has 0 bridgehead atoms. The second kappa shape index (κ2) is 4.00. The Morgan fingerprint density at radius 2 is 2.41 bits per heavy atom. The maximum absolute atomic E-state index is 11.4.